The van der Waals surface area contributed by atoms with Crippen molar-refractivity contribution >= 4 is 10.0 Å². The van der Waals surface area contributed by atoms with Crippen molar-refractivity contribution in [2.24, 2.45) is 0 Å². The lowest BCUT2D eigenvalue weighted by Gasteiger charge is -2.35. The van der Waals surface area contributed by atoms with E-state index in [0.29, 0.717) is 18.7 Å². The Morgan fingerprint density at radius 3 is 2.37 bits per heavy atom. The zero-order valence-electron chi connectivity index (χ0n) is 11.4. The van der Waals surface area contributed by atoms with Crippen LogP contribution in [0, 0.1) is 12.7 Å². The molecule has 6 heteroatoms. The van der Waals surface area contributed by atoms with Gasteiger partial charge in [-0.05, 0) is 44.5 Å². The summed E-state index contributed by atoms with van der Waals surface area (Å²) in [5.74, 6) is -0.418. The Balaban J connectivity index is 2.36. The fourth-order valence-corrected chi connectivity index (χ4v) is 4.34. The van der Waals surface area contributed by atoms with E-state index in [1.807, 2.05) is 13.8 Å². The van der Waals surface area contributed by atoms with E-state index in [0.717, 1.165) is 0 Å². The molecule has 0 bridgehead atoms. The normalized spacial score (nSPS) is 25.5. The van der Waals surface area contributed by atoms with Gasteiger partial charge in [-0.25, -0.2) is 12.8 Å². The van der Waals surface area contributed by atoms with Gasteiger partial charge in [-0.1, -0.05) is 0 Å². The van der Waals surface area contributed by atoms with E-state index in [-0.39, 0.29) is 17.0 Å². The van der Waals surface area contributed by atoms with E-state index < -0.39 is 15.8 Å². The van der Waals surface area contributed by atoms with Crippen LogP contribution in [0.1, 0.15) is 19.4 Å². The first-order chi connectivity index (χ1) is 8.80. The second-order valence-electron chi connectivity index (χ2n) is 5.20. The van der Waals surface area contributed by atoms with Gasteiger partial charge in [0.25, 0.3) is 0 Å². The first-order valence-electron chi connectivity index (χ1n) is 6.33. The Kier molecular flexibility index (Phi) is 3.94. The molecule has 1 aromatic rings. The van der Waals surface area contributed by atoms with Crippen molar-refractivity contribution in [3.05, 3.63) is 29.6 Å². The zero-order chi connectivity index (χ0) is 14.2. The highest BCUT2D eigenvalue weighted by Crippen LogP contribution is 2.22. The van der Waals surface area contributed by atoms with Gasteiger partial charge in [0.1, 0.15) is 5.82 Å². The number of nitrogens with one attached hydrogen (secondary N) is 1. The van der Waals surface area contributed by atoms with E-state index >= 15 is 0 Å². The summed E-state index contributed by atoms with van der Waals surface area (Å²) < 4.78 is 39.7. The number of nitrogens with zero attached hydrogens (tertiary/aromatic N) is 1. The lowest BCUT2D eigenvalue weighted by molar-refractivity contribution is 0.263. The molecule has 0 spiro atoms. The van der Waals surface area contributed by atoms with Gasteiger partial charge in [0, 0.05) is 25.2 Å². The molecule has 2 atom stereocenters. The summed E-state index contributed by atoms with van der Waals surface area (Å²) in [4.78, 5) is 0.190. The second kappa shape index (κ2) is 5.19. The molecule has 106 valence electrons. The van der Waals surface area contributed by atoms with Crippen LogP contribution in [0.3, 0.4) is 0 Å². The van der Waals surface area contributed by atoms with Crippen molar-refractivity contribution in [2.45, 2.75) is 37.8 Å². The summed E-state index contributed by atoms with van der Waals surface area (Å²) in [6.45, 7) is 6.39. The monoisotopic (exact) mass is 286 g/mol. The van der Waals surface area contributed by atoms with Crippen LogP contribution >= 0.6 is 0 Å². The SMILES string of the molecule is Cc1cc(F)ccc1S(=O)(=O)N1C[C@H](C)N[C@@H](C)C1. The minimum Gasteiger partial charge on any atom is -0.309 e. The first kappa shape index (κ1) is 14.4. The minimum atomic E-state index is -3.55. The van der Waals surface area contributed by atoms with Crippen LogP contribution in [-0.4, -0.2) is 37.9 Å². The van der Waals surface area contributed by atoms with E-state index in [1.54, 1.807) is 6.92 Å². The summed E-state index contributed by atoms with van der Waals surface area (Å²) in [5, 5.41) is 3.29. The van der Waals surface area contributed by atoms with Crippen LogP contribution in [0.15, 0.2) is 23.1 Å². The number of benzene rings is 1. The molecule has 4 nitrogen and oxygen atoms in total. The lowest BCUT2D eigenvalue weighted by Crippen LogP contribution is -2.55. The van der Waals surface area contributed by atoms with Crippen molar-refractivity contribution in [1.82, 2.24) is 9.62 Å². The lowest BCUT2D eigenvalue weighted by atomic mass is 10.2. The number of sulfonamides is 1. The summed E-state index contributed by atoms with van der Waals surface area (Å²) in [6.07, 6.45) is 0. The fourth-order valence-electron chi connectivity index (χ4n) is 2.51. The predicted molar refractivity (Wildman–Crippen MR) is 72.0 cm³/mol. The molecule has 0 aliphatic carbocycles. The van der Waals surface area contributed by atoms with Crippen LogP contribution in [-0.2, 0) is 10.0 Å². The quantitative estimate of drug-likeness (QED) is 0.896. The van der Waals surface area contributed by atoms with Crippen molar-refractivity contribution < 1.29 is 12.8 Å². The number of rotatable bonds is 2. The molecule has 1 aromatic carbocycles. The van der Waals surface area contributed by atoms with Crippen LogP contribution in [0.5, 0.6) is 0 Å². The topological polar surface area (TPSA) is 49.4 Å². The highest BCUT2D eigenvalue weighted by atomic mass is 32.2. The molecule has 19 heavy (non-hydrogen) atoms. The number of hydrogen-bond acceptors (Lipinski definition) is 3. The molecule has 1 N–H and O–H groups in total. The molecular formula is C13H19FN2O2S. The maximum Gasteiger partial charge on any atom is 0.243 e. The molecule has 1 saturated heterocycles. The molecule has 0 amide bonds. The zero-order valence-corrected chi connectivity index (χ0v) is 12.2. The van der Waals surface area contributed by atoms with Gasteiger partial charge in [0.15, 0.2) is 0 Å². The van der Waals surface area contributed by atoms with E-state index in [2.05, 4.69) is 5.32 Å². The van der Waals surface area contributed by atoms with Gasteiger partial charge < -0.3 is 5.32 Å². The molecule has 0 aromatic heterocycles. The van der Waals surface area contributed by atoms with Crippen molar-refractivity contribution in [2.75, 3.05) is 13.1 Å². The standard InChI is InChI=1S/C13H19FN2O2S/c1-9-6-12(14)4-5-13(9)19(17,18)16-7-10(2)15-11(3)8-16/h4-6,10-11,15H,7-8H2,1-3H3/t10-,11-/m0/s1. The molecule has 0 radical (unpaired) electrons. The van der Waals surface area contributed by atoms with Crippen LogP contribution < -0.4 is 5.32 Å². The maximum absolute atomic E-state index is 13.1. The van der Waals surface area contributed by atoms with Crippen LogP contribution in [0.2, 0.25) is 0 Å². The summed E-state index contributed by atoms with van der Waals surface area (Å²) >= 11 is 0. The van der Waals surface area contributed by atoms with Gasteiger partial charge in [-0.2, -0.15) is 4.31 Å². The minimum absolute atomic E-state index is 0.110. The summed E-state index contributed by atoms with van der Waals surface area (Å²) in [5.41, 5.74) is 0.443. The van der Waals surface area contributed by atoms with Crippen molar-refractivity contribution in [3.8, 4) is 0 Å². The molecule has 0 saturated carbocycles. The third-order valence-corrected chi connectivity index (χ3v) is 5.27. The fraction of sp³-hybridized carbons (Fsp3) is 0.538. The molecule has 1 aliphatic rings. The second-order valence-corrected chi connectivity index (χ2v) is 7.11. The van der Waals surface area contributed by atoms with Gasteiger partial charge in [-0.3, -0.25) is 0 Å². The average molecular weight is 286 g/mol. The third-order valence-electron chi connectivity index (χ3n) is 3.28. The molecule has 2 rings (SSSR count). The Morgan fingerprint density at radius 2 is 1.84 bits per heavy atom. The van der Waals surface area contributed by atoms with Gasteiger partial charge >= 0.3 is 0 Å². The van der Waals surface area contributed by atoms with E-state index in [9.17, 15) is 12.8 Å². The number of aryl methyl sites for hydroxylation is 1. The van der Waals surface area contributed by atoms with Crippen LogP contribution in [0.25, 0.3) is 0 Å². The van der Waals surface area contributed by atoms with Crippen molar-refractivity contribution in [1.29, 1.82) is 0 Å². The molecular weight excluding hydrogens is 267 g/mol. The third kappa shape index (κ3) is 2.96. The molecule has 0 unspecified atom stereocenters. The summed E-state index contributed by atoms with van der Waals surface area (Å²) in [7, 11) is -3.55. The Morgan fingerprint density at radius 1 is 1.26 bits per heavy atom. The van der Waals surface area contributed by atoms with Crippen LogP contribution in [0.4, 0.5) is 4.39 Å². The van der Waals surface area contributed by atoms with Gasteiger partial charge in [0.2, 0.25) is 10.0 Å². The van der Waals surface area contributed by atoms with Gasteiger partial charge in [-0.15, -0.1) is 0 Å². The smallest absolute Gasteiger partial charge is 0.243 e. The highest BCUT2D eigenvalue weighted by Gasteiger charge is 2.32. The average Bonchev–Trinajstić information content (AvgIpc) is 2.26. The maximum atomic E-state index is 13.1. The van der Waals surface area contributed by atoms with Crippen molar-refractivity contribution in [3.63, 3.8) is 0 Å². The number of halogens is 1. The molecule has 1 heterocycles. The summed E-state index contributed by atoms with van der Waals surface area (Å²) in [6, 6.07) is 4.01. The number of hydrogen-bond donors (Lipinski definition) is 1. The Hall–Kier alpha value is -0.980. The van der Waals surface area contributed by atoms with E-state index in [4.69, 9.17) is 0 Å². The Labute approximate surface area is 113 Å². The Bertz CT molecular complexity index is 564. The number of piperazine rings is 1. The first-order valence-corrected chi connectivity index (χ1v) is 7.77. The molecule has 1 fully saturated rings. The largest absolute Gasteiger partial charge is 0.309 e. The van der Waals surface area contributed by atoms with Gasteiger partial charge in [0.05, 0.1) is 4.90 Å². The molecule has 1 aliphatic heterocycles. The predicted octanol–water partition coefficient (Wildman–Crippen LogP) is 1.51. The van der Waals surface area contributed by atoms with E-state index in [1.165, 1.54) is 22.5 Å². The highest BCUT2D eigenvalue weighted by molar-refractivity contribution is 7.89.